The smallest absolute Gasteiger partial charge is 0.387 e. The van der Waals surface area contributed by atoms with Crippen molar-refractivity contribution in [2.45, 2.75) is 19.6 Å². The maximum absolute atomic E-state index is 12.6. The first-order valence-electron chi connectivity index (χ1n) is 9.49. The molecule has 160 valence electrons. The van der Waals surface area contributed by atoms with Gasteiger partial charge in [-0.15, -0.1) is 0 Å². The molecule has 0 bridgehead atoms. The van der Waals surface area contributed by atoms with Crippen molar-refractivity contribution >= 4 is 28.5 Å². The van der Waals surface area contributed by atoms with E-state index in [1.165, 1.54) is 12.1 Å². The van der Waals surface area contributed by atoms with Crippen LogP contribution in [0.5, 0.6) is 5.75 Å². The molecular formula is C21H18F2N4O3S. The average molecular weight is 444 g/mol. The van der Waals surface area contributed by atoms with Gasteiger partial charge in [-0.05, 0) is 29.8 Å². The summed E-state index contributed by atoms with van der Waals surface area (Å²) in [5, 5.41) is 3.03. The van der Waals surface area contributed by atoms with Gasteiger partial charge in [0.15, 0.2) is 5.82 Å². The van der Waals surface area contributed by atoms with Gasteiger partial charge in [-0.2, -0.15) is 18.1 Å². The Balaban J connectivity index is 1.35. The van der Waals surface area contributed by atoms with Gasteiger partial charge in [-0.1, -0.05) is 30.3 Å². The highest BCUT2D eigenvalue weighted by Gasteiger charge is 2.34. The standard InChI is InChI=1S/C21H18F2N4O3S/c22-20(23)30-16-8-6-14(7-9-16)18-24-21(31-26-18)25-19(29)15-10-17(28)27(12-15)11-13-4-2-1-3-5-13/h1-9,15,20H,10-12H2,(H,24,25,26,29). The normalized spacial score (nSPS) is 16.0. The van der Waals surface area contributed by atoms with E-state index in [1.54, 1.807) is 17.0 Å². The van der Waals surface area contributed by atoms with Gasteiger partial charge in [0.2, 0.25) is 16.9 Å². The molecular weight excluding hydrogens is 426 g/mol. The van der Waals surface area contributed by atoms with Crippen LogP contribution >= 0.6 is 11.5 Å². The molecule has 0 radical (unpaired) electrons. The van der Waals surface area contributed by atoms with Crippen molar-refractivity contribution in [1.82, 2.24) is 14.3 Å². The molecule has 1 atom stereocenters. The first kappa shape index (κ1) is 20.9. The fourth-order valence-electron chi connectivity index (χ4n) is 3.29. The Labute approximate surface area is 180 Å². The zero-order valence-electron chi connectivity index (χ0n) is 16.2. The summed E-state index contributed by atoms with van der Waals surface area (Å²) in [7, 11) is 0. The molecule has 2 amide bonds. The van der Waals surface area contributed by atoms with Crippen molar-refractivity contribution in [3.8, 4) is 17.1 Å². The fraction of sp³-hybridized carbons (Fsp3) is 0.238. The summed E-state index contributed by atoms with van der Waals surface area (Å²) in [6.45, 7) is -2.08. The van der Waals surface area contributed by atoms with Crippen LogP contribution in [0, 0.1) is 5.92 Å². The Morgan fingerprint density at radius 2 is 1.94 bits per heavy atom. The molecule has 1 N–H and O–H groups in total. The molecule has 1 saturated heterocycles. The van der Waals surface area contributed by atoms with Crippen LogP contribution in [-0.2, 0) is 16.1 Å². The fourth-order valence-corrected chi connectivity index (χ4v) is 3.88. The average Bonchev–Trinajstić information content (AvgIpc) is 3.36. The minimum absolute atomic E-state index is 0.0356. The van der Waals surface area contributed by atoms with Crippen LogP contribution in [0.15, 0.2) is 54.6 Å². The highest BCUT2D eigenvalue weighted by molar-refractivity contribution is 7.10. The minimum Gasteiger partial charge on any atom is -0.435 e. The van der Waals surface area contributed by atoms with E-state index in [4.69, 9.17) is 0 Å². The Bertz CT molecular complexity index is 1060. The molecule has 0 saturated carbocycles. The third kappa shape index (κ3) is 5.21. The lowest BCUT2D eigenvalue weighted by Crippen LogP contribution is -2.28. The number of halogens is 2. The largest absolute Gasteiger partial charge is 0.435 e. The molecule has 1 aromatic heterocycles. The summed E-state index contributed by atoms with van der Waals surface area (Å²) < 4.78 is 33.0. The van der Waals surface area contributed by atoms with E-state index < -0.39 is 12.5 Å². The summed E-state index contributed by atoms with van der Waals surface area (Å²) in [5.74, 6) is -0.416. The predicted molar refractivity (Wildman–Crippen MR) is 111 cm³/mol. The number of alkyl halides is 2. The van der Waals surface area contributed by atoms with Crippen molar-refractivity contribution in [3.05, 3.63) is 60.2 Å². The van der Waals surface area contributed by atoms with E-state index in [0.717, 1.165) is 17.1 Å². The summed E-state index contributed by atoms with van der Waals surface area (Å²) in [4.78, 5) is 30.9. The number of aromatic nitrogens is 2. The Kier molecular flexibility index (Phi) is 6.17. The highest BCUT2D eigenvalue weighted by Crippen LogP contribution is 2.26. The maximum Gasteiger partial charge on any atom is 0.387 e. The number of nitrogens with one attached hydrogen (secondary N) is 1. The predicted octanol–water partition coefficient (Wildman–Crippen LogP) is 3.79. The lowest BCUT2D eigenvalue weighted by molar-refractivity contribution is -0.128. The van der Waals surface area contributed by atoms with Crippen molar-refractivity contribution in [2.75, 3.05) is 11.9 Å². The number of amides is 2. The van der Waals surface area contributed by atoms with E-state index in [9.17, 15) is 18.4 Å². The Morgan fingerprint density at radius 3 is 2.65 bits per heavy atom. The van der Waals surface area contributed by atoms with Gasteiger partial charge < -0.3 is 15.0 Å². The zero-order valence-corrected chi connectivity index (χ0v) is 17.0. The number of carbonyl (C=O) groups is 2. The number of nitrogens with zero attached hydrogens (tertiary/aromatic N) is 3. The number of likely N-dealkylation sites (tertiary alicyclic amines) is 1. The van der Waals surface area contributed by atoms with Crippen LogP contribution in [-0.4, -0.2) is 39.2 Å². The van der Waals surface area contributed by atoms with E-state index in [2.05, 4.69) is 19.4 Å². The van der Waals surface area contributed by atoms with E-state index >= 15 is 0 Å². The lowest BCUT2D eigenvalue weighted by atomic mass is 10.1. The molecule has 2 aromatic carbocycles. The number of anilines is 1. The monoisotopic (exact) mass is 444 g/mol. The Hall–Kier alpha value is -3.40. The van der Waals surface area contributed by atoms with Gasteiger partial charge in [-0.25, -0.2) is 0 Å². The van der Waals surface area contributed by atoms with Gasteiger partial charge in [-0.3, -0.25) is 9.59 Å². The molecule has 31 heavy (non-hydrogen) atoms. The molecule has 1 unspecified atom stereocenters. The quantitative estimate of drug-likeness (QED) is 0.599. The number of hydrogen-bond acceptors (Lipinski definition) is 6. The van der Waals surface area contributed by atoms with Crippen LogP contribution in [0.4, 0.5) is 13.9 Å². The second-order valence-electron chi connectivity index (χ2n) is 6.98. The number of benzene rings is 2. The summed E-state index contributed by atoms with van der Waals surface area (Å²) in [5.41, 5.74) is 1.61. The summed E-state index contributed by atoms with van der Waals surface area (Å²) in [6, 6.07) is 15.5. The summed E-state index contributed by atoms with van der Waals surface area (Å²) in [6.07, 6.45) is 0.149. The molecule has 1 aliphatic heterocycles. The van der Waals surface area contributed by atoms with Crippen molar-refractivity contribution in [1.29, 1.82) is 0 Å². The number of hydrogen-bond donors (Lipinski definition) is 1. The molecule has 10 heteroatoms. The van der Waals surface area contributed by atoms with Gasteiger partial charge in [0.05, 0.1) is 5.92 Å². The Morgan fingerprint density at radius 1 is 1.19 bits per heavy atom. The highest BCUT2D eigenvalue weighted by atomic mass is 32.1. The third-order valence-corrected chi connectivity index (χ3v) is 5.43. The molecule has 0 aliphatic carbocycles. The number of ether oxygens (including phenoxy) is 1. The zero-order chi connectivity index (χ0) is 21.8. The van der Waals surface area contributed by atoms with Gasteiger partial charge >= 0.3 is 6.61 Å². The second-order valence-corrected chi connectivity index (χ2v) is 7.73. The molecule has 0 spiro atoms. The van der Waals surface area contributed by atoms with Crippen LogP contribution in [0.1, 0.15) is 12.0 Å². The first-order valence-corrected chi connectivity index (χ1v) is 10.3. The molecule has 1 fully saturated rings. The van der Waals surface area contributed by atoms with Crippen LogP contribution < -0.4 is 10.1 Å². The topological polar surface area (TPSA) is 84.4 Å². The number of rotatable bonds is 7. The lowest BCUT2D eigenvalue weighted by Gasteiger charge is -2.16. The van der Waals surface area contributed by atoms with E-state index in [0.29, 0.717) is 29.6 Å². The van der Waals surface area contributed by atoms with Gasteiger partial charge in [0.1, 0.15) is 5.75 Å². The van der Waals surface area contributed by atoms with E-state index in [1.807, 2.05) is 30.3 Å². The molecule has 1 aliphatic rings. The van der Waals surface area contributed by atoms with Crippen molar-refractivity contribution in [3.63, 3.8) is 0 Å². The molecule has 4 rings (SSSR count). The van der Waals surface area contributed by atoms with Crippen molar-refractivity contribution < 1.29 is 23.1 Å². The summed E-state index contributed by atoms with van der Waals surface area (Å²) >= 11 is 1.01. The number of carbonyl (C=O) groups excluding carboxylic acids is 2. The van der Waals surface area contributed by atoms with Gasteiger partial charge in [0.25, 0.3) is 0 Å². The van der Waals surface area contributed by atoms with Crippen LogP contribution in [0.25, 0.3) is 11.4 Å². The van der Waals surface area contributed by atoms with Crippen LogP contribution in [0.3, 0.4) is 0 Å². The maximum atomic E-state index is 12.6. The van der Waals surface area contributed by atoms with Gasteiger partial charge in [0, 0.05) is 36.6 Å². The molecule has 2 heterocycles. The minimum atomic E-state index is -2.89. The van der Waals surface area contributed by atoms with E-state index in [-0.39, 0.29) is 24.0 Å². The third-order valence-electron chi connectivity index (χ3n) is 4.80. The van der Waals surface area contributed by atoms with Crippen molar-refractivity contribution in [2.24, 2.45) is 5.92 Å². The van der Waals surface area contributed by atoms with Crippen LogP contribution in [0.2, 0.25) is 0 Å². The molecule has 7 nitrogen and oxygen atoms in total. The molecule has 3 aromatic rings. The first-order chi connectivity index (χ1) is 15.0. The SMILES string of the molecule is O=C(Nc1nc(-c2ccc(OC(F)F)cc2)ns1)C1CC(=O)N(Cc2ccccc2)C1. The second kappa shape index (κ2) is 9.17.